The molecule has 0 bridgehead atoms. The highest BCUT2D eigenvalue weighted by atomic mass is 79.9. The molecule has 0 saturated carbocycles. The Morgan fingerprint density at radius 2 is 1.09 bits per heavy atom. The lowest BCUT2D eigenvalue weighted by molar-refractivity contribution is -0.139. The zero-order valence-electron chi connectivity index (χ0n) is 25.9. The number of hydrogen-bond donors (Lipinski definition) is 1. The molecule has 0 unspecified atom stereocenters. The molecule has 2 aromatic carbocycles. The maximum atomic E-state index is 11.6. The fraction of sp³-hybridized carbons (Fsp3) is 0.375. The van der Waals surface area contributed by atoms with Gasteiger partial charge in [0.1, 0.15) is 0 Å². The maximum Gasteiger partial charge on any atom is 0.338 e. The predicted molar refractivity (Wildman–Crippen MR) is 173 cm³/mol. The first kappa shape index (κ1) is 38.9. The minimum absolute atomic E-state index is 0.273. The van der Waals surface area contributed by atoms with Gasteiger partial charge in [-0.2, -0.15) is 0 Å². The molecule has 0 fully saturated rings. The average Bonchev–Trinajstić information content (AvgIpc) is 3.01. The molecule has 10 nitrogen and oxygen atoms in total. The Hall–Kier alpha value is -4.12. The standard InChI is InChI=1S/C16H21NO4.C10H13NO2.C6H9BrO2/c1-5-20-15(18)12(3)11-17(4)14-9-7-13(8-10-14)16(19)21-6-2;1-3-13-10(12)8-4-6-9(11-2)7-5-8;1-3-9-6(8)5(2)4-7/h7-10H,3,5-6,11H2,1-2,4H3;4-7,11H,3H2,1-2H3;2-4H2,1H3. The van der Waals surface area contributed by atoms with E-state index in [-0.39, 0.29) is 17.9 Å². The van der Waals surface area contributed by atoms with Crippen molar-refractivity contribution in [2.24, 2.45) is 0 Å². The van der Waals surface area contributed by atoms with Gasteiger partial charge >= 0.3 is 23.9 Å². The van der Waals surface area contributed by atoms with E-state index >= 15 is 0 Å². The molecule has 0 saturated heterocycles. The summed E-state index contributed by atoms with van der Waals surface area (Å²) in [6.07, 6.45) is 0. The quantitative estimate of drug-likeness (QED) is 0.121. The van der Waals surface area contributed by atoms with E-state index in [2.05, 4.69) is 39.1 Å². The summed E-state index contributed by atoms with van der Waals surface area (Å²) >= 11 is 3.08. The molecular formula is C32H43BrN2O8. The number of alkyl halides is 1. The van der Waals surface area contributed by atoms with E-state index in [0.717, 1.165) is 11.4 Å². The molecule has 0 aliphatic heterocycles. The third kappa shape index (κ3) is 15.6. The van der Waals surface area contributed by atoms with Gasteiger partial charge in [-0.1, -0.05) is 29.1 Å². The molecule has 11 heteroatoms. The molecule has 0 radical (unpaired) electrons. The van der Waals surface area contributed by atoms with Crippen LogP contribution in [0.3, 0.4) is 0 Å². The van der Waals surface area contributed by atoms with E-state index in [9.17, 15) is 19.2 Å². The van der Waals surface area contributed by atoms with Crippen LogP contribution in [0.1, 0.15) is 48.4 Å². The van der Waals surface area contributed by atoms with E-state index < -0.39 is 5.97 Å². The van der Waals surface area contributed by atoms with E-state index in [4.69, 9.17) is 14.2 Å². The summed E-state index contributed by atoms with van der Waals surface area (Å²) in [6, 6.07) is 14.1. The Kier molecular flexibility index (Phi) is 20.3. The van der Waals surface area contributed by atoms with Gasteiger partial charge in [-0.15, -0.1) is 0 Å². The van der Waals surface area contributed by atoms with Crippen LogP contribution in [0.2, 0.25) is 0 Å². The molecule has 0 aromatic heterocycles. The molecule has 43 heavy (non-hydrogen) atoms. The molecule has 0 heterocycles. The molecule has 236 valence electrons. The normalized spacial score (nSPS) is 9.47. The summed E-state index contributed by atoms with van der Waals surface area (Å²) in [6.45, 7) is 16.1. The largest absolute Gasteiger partial charge is 0.463 e. The van der Waals surface area contributed by atoms with Gasteiger partial charge in [0, 0.05) is 48.5 Å². The van der Waals surface area contributed by atoms with Gasteiger partial charge in [0.15, 0.2) is 0 Å². The van der Waals surface area contributed by atoms with Gasteiger partial charge in [0.05, 0.1) is 37.6 Å². The highest BCUT2D eigenvalue weighted by Crippen LogP contribution is 2.16. The zero-order chi connectivity index (χ0) is 32.8. The summed E-state index contributed by atoms with van der Waals surface area (Å²) in [4.78, 5) is 46.7. The van der Waals surface area contributed by atoms with Crippen LogP contribution in [-0.4, -0.2) is 76.3 Å². The fourth-order valence-electron chi connectivity index (χ4n) is 3.02. The van der Waals surface area contributed by atoms with Crippen LogP contribution in [0, 0.1) is 0 Å². The average molecular weight is 664 g/mol. The number of ether oxygens (including phenoxy) is 4. The Morgan fingerprint density at radius 3 is 1.47 bits per heavy atom. The number of carbonyl (C=O) groups is 4. The van der Waals surface area contributed by atoms with Crippen LogP contribution in [0.5, 0.6) is 0 Å². The fourth-order valence-corrected chi connectivity index (χ4v) is 3.25. The van der Waals surface area contributed by atoms with Crippen molar-refractivity contribution in [2.45, 2.75) is 27.7 Å². The summed E-state index contributed by atoms with van der Waals surface area (Å²) in [7, 11) is 3.67. The third-order valence-electron chi connectivity index (χ3n) is 5.22. The topological polar surface area (TPSA) is 120 Å². The van der Waals surface area contributed by atoms with Crippen molar-refractivity contribution in [3.63, 3.8) is 0 Å². The van der Waals surface area contributed by atoms with Crippen molar-refractivity contribution in [3.8, 4) is 0 Å². The van der Waals surface area contributed by atoms with Crippen molar-refractivity contribution >= 4 is 51.2 Å². The second-order valence-electron chi connectivity index (χ2n) is 8.45. The van der Waals surface area contributed by atoms with Crippen LogP contribution >= 0.6 is 15.9 Å². The van der Waals surface area contributed by atoms with Gasteiger partial charge < -0.3 is 29.2 Å². The van der Waals surface area contributed by atoms with E-state index in [1.807, 2.05) is 31.1 Å². The molecule has 0 spiro atoms. The number of halogens is 1. The second kappa shape index (κ2) is 22.5. The number of nitrogens with one attached hydrogen (secondary N) is 1. The zero-order valence-corrected chi connectivity index (χ0v) is 27.5. The van der Waals surface area contributed by atoms with Crippen molar-refractivity contribution in [3.05, 3.63) is 84.0 Å². The first-order chi connectivity index (χ1) is 20.5. The van der Waals surface area contributed by atoms with Gasteiger partial charge in [0.25, 0.3) is 0 Å². The number of rotatable bonds is 13. The van der Waals surface area contributed by atoms with Gasteiger partial charge in [0.2, 0.25) is 0 Å². The number of anilines is 2. The molecule has 0 atom stereocenters. The van der Waals surface area contributed by atoms with Crippen molar-refractivity contribution in [1.29, 1.82) is 0 Å². The highest BCUT2D eigenvalue weighted by Gasteiger charge is 2.12. The van der Waals surface area contributed by atoms with E-state index in [1.165, 1.54) is 0 Å². The lowest BCUT2D eigenvalue weighted by Crippen LogP contribution is -2.24. The summed E-state index contributed by atoms with van der Waals surface area (Å²) < 4.78 is 19.3. The maximum absolute atomic E-state index is 11.6. The molecule has 1 N–H and O–H groups in total. The lowest BCUT2D eigenvalue weighted by Gasteiger charge is -2.20. The van der Waals surface area contributed by atoms with Gasteiger partial charge in [-0.05, 0) is 76.2 Å². The number of benzene rings is 2. The van der Waals surface area contributed by atoms with Crippen molar-refractivity contribution in [2.75, 3.05) is 62.6 Å². The second-order valence-corrected chi connectivity index (χ2v) is 9.01. The Labute approximate surface area is 263 Å². The first-order valence-electron chi connectivity index (χ1n) is 13.7. The monoisotopic (exact) mass is 662 g/mol. The summed E-state index contributed by atoms with van der Waals surface area (Å²) in [5.74, 6) is -1.34. The molecule has 2 rings (SSSR count). The molecule has 2 aromatic rings. The Morgan fingerprint density at radius 1 is 0.698 bits per heavy atom. The smallest absolute Gasteiger partial charge is 0.338 e. The number of nitrogens with zero attached hydrogens (tertiary/aromatic N) is 1. The summed E-state index contributed by atoms with van der Waals surface area (Å²) in [5.41, 5.74) is 3.77. The molecule has 0 amide bonds. The first-order valence-corrected chi connectivity index (χ1v) is 14.8. The third-order valence-corrected chi connectivity index (χ3v) is 5.90. The van der Waals surface area contributed by atoms with Crippen LogP contribution in [0.4, 0.5) is 11.4 Å². The number of hydrogen-bond acceptors (Lipinski definition) is 10. The van der Waals surface area contributed by atoms with Gasteiger partial charge in [-0.25, -0.2) is 19.2 Å². The van der Waals surface area contributed by atoms with Crippen LogP contribution in [0.25, 0.3) is 0 Å². The number of carbonyl (C=O) groups excluding carboxylic acids is 4. The predicted octanol–water partition coefficient (Wildman–Crippen LogP) is 5.82. The van der Waals surface area contributed by atoms with Crippen LogP contribution in [-0.2, 0) is 28.5 Å². The Balaban J connectivity index is 0.000000682. The van der Waals surface area contributed by atoms with Crippen molar-refractivity contribution < 1.29 is 38.1 Å². The van der Waals surface area contributed by atoms with E-state index in [0.29, 0.717) is 60.6 Å². The number of likely N-dealkylation sites (N-methyl/N-ethyl adjacent to an activating group) is 1. The van der Waals surface area contributed by atoms with E-state index in [1.54, 1.807) is 64.1 Å². The summed E-state index contributed by atoms with van der Waals surface area (Å²) in [5, 5.41) is 3.45. The molecule has 0 aliphatic carbocycles. The minimum Gasteiger partial charge on any atom is -0.463 e. The Bertz CT molecular complexity index is 1180. The van der Waals surface area contributed by atoms with Crippen LogP contribution in [0.15, 0.2) is 72.8 Å². The van der Waals surface area contributed by atoms with Crippen LogP contribution < -0.4 is 10.2 Å². The van der Waals surface area contributed by atoms with Crippen molar-refractivity contribution in [1.82, 2.24) is 0 Å². The minimum atomic E-state index is -0.396. The lowest BCUT2D eigenvalue weighted by atomic mass is 10.2. The highest BCUT2D eigenvalue weighted by molar-refractivity contribution is 9.09. The SMILES string of the molecule is C=C(CBr)C(=O)OCC.C=C(CN(C)c1ccc(C(=O)OCC)cc1)C(=O)OCC.CCOC(=O)c1ccc(NC)cc1. The van der Waals surface area contributed by atoms with Gasteiger partial charge in [-0.3, -0.25) is 0 Å². The molecule has 0 aliphatic rings. The molecular weight excluding hydrogens is 620 g/mol. The number of esters is 4.